The third-order valence-electron chi connectivity index (χ3n) is 2.65. The first-order chi connectivity index (χ1) is 7.65. The van der Waals surface area contributed by atoms with Gasteiger partial charge in [-0.1, -0.05) is 11.6 Å². The zero-order valence-corrected chi connectivity index (χ0v) is 10.1. The maximum absolute atomic E-state index is 11.7. The van der Waals surface area contributed by atoms with Gasteiger partial charge in [0, 0.05) is 12.3 Å². The fourth-order valence-electron chi connectivity index (χ4n) is 1.82. The lowest BCUT2D eigenvalue weighted by molar-refractivity contribution is -0.114. The van der Waals surface area contributed by atoms with Crippen molar-refractivity contribution in [3.63, 3.8) is 0 Å². The van der Waals surface area contributed by atoms with E-state index in [9.17, 15) is 9.59 Å². The molecule has 1 amide bonds. The topological polar surface area (TPSA) is 37.4 Å². The van der Waals surface area contributed by atoms with E-state index in [-0.39, 0.29) is 5.78 Å². The van der Waals surface area contributed by atoms with Crippen molar-refractivity contribution in [1.29, 1.82) is 0 Å². The normalized spacial score (nSPS) is 14.5. The van der Waals surface area contributed by atoms with Gasteiger partial charge in [-0.2, -0.15) is 11.8 Å². The standard InChI is InChI=1S/C12H13NO2S/c1-8-3-4-10-9(7-8)11(14)12(15)13(10)5-6-16-2/h3-4,7H,5-6H2,1-2H3. The molecule has 1 aliphatic rings. The van der Waals surface area contributed by atoms with Crippen LogP contribution in [0.5, 0.6) is 0 Å². The van der Waals surface area contributed by atoms with Crippen LogP contribution in [-0.4, -0.2) is 30.2 Å². The van der Waals surface area contributed by atoms with Crippen LogP contribution >= 0.6 is 11.8 Å². The number of hydrogen-bond acceptors (Lipinski definition) is 3. The highest BCUT2D eigenvalue weighted by Gasteiger charge is 2.35. The van der Waals surface area contributed by atoms with Crippen LogP contribution in [0.4, 0.5) is 5.69 Å². The number of fused-ring (bicyclic) bond motifs is 1. The second kappa shape index (κ2) is 4.29. The summed E-state index contributed by atoms with van der Waals surface area (Å²) >= 11 is 1.66. The molecule has 0 saturated heterocycles. The number of rotatable bonds is 3. The third kappa shape index (κ3) is 1.73. The molecule has 0 fully saturated rings. The van der Waals surface area contributed by atoms with Gasteiger partial charge < -0.3 is 4.90 Å². The molecule has 0 spiro atoms. The van der Waals surface area contributed by atoms with E-state index in [1.165, 1.54) is 0 Å². The van der Waals surface area contributed by atoms with Crippen molar-refractivity contribution >= 4 is 29.1 Å². The summed E-state index contributed by atoms with van der Waals surface area (Å²) in [5.41, 5.74) is 2.31. The minimum atomic E-state index is -0.394. The molecule has 0 bridgehead atoms. The molecule has 1 heterocycles. The molecule has 3 nitrogen and oxygen atoms in total. The van der Waals surface area contributed by atoms with Crippen molar-refractivity contribution in [1.82, 2.24) is 0 Å². The number of carbonyl (C=O) groups excluding carboxylic acids is 2. The molecule has 0 saturated carbocycles. The van der Waals surface area contributed by atoms with Crippen LogP contribution < -0.4 is 4.90 Å². The Labute approximate surface area is 98.8 Å². The fourth-order valence-corrected chi connectivity index (χ4v) is 2.18. The van der Waals surface area contributed by atoms with Crippen molar-refractivity contribution < 1.29 is 9.59 Å². The number of amides is 1. The summed E-state index contributed by atoms with van der Waals surface area (Å²) in [4.78, 5) is 25.0. The Hall–Kier alpha value is -1.29. The third-order valence-corrected chi connectivity index (χ3v) is 3.24. The van der Waals surface area contributed by atoms with E-state index in [0.717, 1.165) is 17.0 Å². The molecule has 1 aromatic rings. The largest absolute Gasteiger partial charge is 0.304 e. The van der Waals surface area contributed by atoms with Gasteiger partial charge in [0.2, 0.25) is 0 Å². The minimum Gasteiger partial charge on any atom is -0.304 e. The molecular weight excluding hydrogens is 222 g/mol. The number of aryl methyl sites for hydroxylation is 1. The Bertz CT molecular complexity index is 456. The lowest BCUT2D eigenvalue weighted by atomic mass is 10.1. The molecule has 2 rings (SSSR count). The molecule has 4 heteroatoms. The number of nitrogens with zero attached hydrogens (tertiary/aromatic N) is 1. The van der Waals surface area contributed by atoms with E-state index in [1.807, 2.05) is 25.3 Å². The Morgan fingerprint density at radius 3 is 2.75 bits per heavy atom. The first-order valence-electron chi connectivity index (χ1n) is 5.11. The lowest BCUT2D eigenvalue weighted by Gasteiger charge is -2.15. The van der Waals surface area contributed by atoms with Crippen LogP contribution in [0.15, 0.2) is 18.2 Å². The van der Waals surface area contributed by atoms with E-state index in [1.54, 1.807) is 22.7 Å². The fraction of sp³-hybridized carbons (Fsp3) is 0.333. The van der Waals surface area contributed by atoms with Crippen LogP contribution in [0.1, 0.15) is 15.9 Å². The molecule has 0 atom stereocenters. The molecule has 0 aromatic heterocycles. The van der Waals surface area contributed by atoms with Gasteiger partial charge in [-0.3, -0.25) is 9.59 Å². The average Bonchev–Trinajstić information content (AvgIpc) is 2.50. The highest BCUT2D eigenvalue weighted by Crippen LogP contribution is 2.29. The van der Waals surface area contributed by atoms with Gasteiger partial charge in [0.25, 0.3) is 11.7 Å². The van der Waals surface area contributed by atoms with Crippen LogP contribution in [0.2, 0.25) is 0 Å². The Morgan fingerprint density at radius 2 is 2.06 bits per heavy atom. The van der Waals surface area contributed by atoms with Gasteiger partial charge in [0.1, 0.15) is 0 Å². The van der Waals surface area contributed by atoms with Crippen molar-refractivity contribution in [2.24, 2.45) is 0 Å². The van der Waals surface area contributed by atoms with Gasteiger partial charge in [0.05, 0.1) is 11.3 Å². The summed E-state index contributed by atoms with van der Waals surface area (Å²) < 4.78 is 0. The summed E-state index contributed by atoms with van der Waals surface area (Å²) in [6.45, 7) is 2.52. The monoisotopic (exact) mass is 235 g/mol. The molecule has 0 aliphatic carbocycles. The van der Waals surface area contributed by atoms with Gasteiger partial charge in [-0.15, -0.1) is 0 Å². The first kappa shape index (κ1) is 11.2. The van der Waals surface area contributed by atoms with Crippen LogP contribution in [0.25, 0.3) is 0 Å². The molecule has 1 aromatic carbocycles. The summed E-state index contributed by atoms with van der Waals surface area (Å²) in [7, 11) is 0. The number of thioether (sulfide) groups is 1. The van der Waals surface area contributed by atoms with Crippen molar-refractivity contribution in [2.45, 2.75) is 6.92 Å². The predicted octanol–water partition coefficient (Wildman–Crippen LogP) is 1.89. The number of ketones is 1. The van der Waals surface area contributed by atoms with E-state index in [2.05, 4.69) is 0 Å². The summed E-state index contributed by atoms with van der Waals surface area (Å²) in [6.07, 6.45) is 1.98. The zero-order chi connectivity index (χ0) is 11.7. The van der Waals surface area contributed by atoms with Crippen molar-refractivity contribution in [3.8, 4) is 0 Å². The molecule has 16 heavy (non-hydrogen) atoms. The quantitative estimate of drug-likeness (QED) is 0.751. The summed E-state index contributed by atoms with van der Waals surface area (Å²) in [5.74, 6) is 0.0706. The number of hydrogen-bond donors (Lipinski definition) is 0. The maximum Gasteiger partial charge on any atom is 0.299 e. The van der Waals surface area contributed by atoms with E-state index in [0.29, 0.717) is 12.1 Å². The molecule has 0 radical (unpaired) electrons. The Kier molecular flexibility index (Phi) is 3.01. The SMILES string of the molecule is CSCCN1C(=O)C(=O)c2cc(C)ccc21. The zero-order valence-electron chi connectivity index (χ0n) is 9.32. The average molecular weight is 235 g/mol. The van der Waals surface area contributed by atoms with Crippen molar-refractivity contribution in [3.05, 3.63) is 29.3 Å². The van der Waals surface area contributed by atoms with E-state index < -0.39 is 5.91 Å². The van der Waals surface area contributed by atoms with Crippen LogP contribution in [0, 0.1) is 6.92 Å². The van der Waals surface area contributed by atoms with Crippen molar-refractivity contribution in [2.75, 3.05) is 23.5 Å². The second-order valence-corrected chi connectivity index (χ2v) is 4.78. The molecule has 1 aliphatic heterocycles. The Morgan fingerprint density at radius 1 is 1.31 bits per heavy atom. The Balaban J connectivity index is 2.38. The summed E-state index contributed by atoms with van der Waals surface area (Å²) in [5, 5.41) is 0. The number of Topliss-reactive ketones (excluding diaryl/α,β-unsaturated/α-hetero) is 1. The van der Waals surface area contributed by atoms with Gasteiger partial charge in [0.15, 0.2) is 0 Å². The smallest absolute Gasteiger partial charge is 0.299 e. The minimum absolute atomic E-state index is 0.375. The molecule has 0 unspecified atom stereocenters. The predicted molar refractivity (Wildman–Crippen MR) is 66.2 cm³/mol. The second-order valence-electron chi connectivity index (χ2n) is 3.80. The summed E-state index contributed by atoms with van der Waals surface area (Å²) in [6, 6.07) is 5.57. The number of carbonyl (C=O) groups is 2. The molecular formula is C12H13NO2S. The van der Waals surface area contributed by atoms with E-state index >= 15 is 0 Å². The molecule has 0 N–H and O–H groups in total. The lowest BCUT2D eigenvalue weighted by Crippen LogP contribution is -2.31. The van der Waals surface area contributed by atoms with Gasteiger partial charge in [-0.05, 0) is 25.3 Å². The van der Waals surface area contributed by atoms with E-state index in [4.69, 9.17) is 0 Å². The van der Waals surface area contributed by atoms with Crippen LogP contribution in [0.3, 0.4) is 0 Å². The highest BCUT2D eigenvalue weighted by molar-refractivity contribution is 7.98. The first-order valence-corrected chi connectivity index (χ1v) is 6.50. The van der Waals surface area contributed by atoms with Gasteiger partial charge in [-0.25, -0.2) is 0 Å². The molecule has 84 valence electrons. The van der Waals surface area contributed by atoms with Gasteiger partial charge >= 0.3 is 0 Å². The number of anilines is 1. The maximum atomic E-state index is 11.7. The number of benzene rings is 1. The highest BCUT2D eigenvalue weighted by atomic mass is 32.2. The van der Waals surface area contributed by atoms with Crippen LogP contribution in [-0.2, 0) is 4.79 Å².